The van der Waals surface area contributed by atoms with Gasteiger partial charge in [-0.15, -0.1) is 0 Å². The molecule has 0 spiro atoms. The van der Waals surface area contributed by atoms with Crippen LogP contribution in [-0.2, 0) is 16.4 Å². The van der Waals surface area contributed by atoms with Crippen molar-refractivity contribution in [3.63, 3.8) is 0 Å². The predicted molar refractivity (Wildman–Crippen MR) is 73.8 cm³/mol. The van der Waals surface area contributed by atoms with Crippen LogP contribution in [0, 0.1) is 5.82 Å². The summed E-state index contributed by atoms with van der Waals surface area (Å²) in [5.41, 5.74) is 0.933. The third kappa shape index (κ3) is 2.05. The van der Waals surface area contributed by atoms with Gasteiger partial charge in [0.2, 0.25) is 10.0 Å². The molecule has 1 aromatic carbocycles. The summed E-state index contributed by atoms with van der Waals surface area (Å²) in [4.78, 5) is 0. The summed E-state index contributed by atoms with van der Waals surface area (Å²) in [6, 6.07) is 3.03. The van der Waals surface area contributed by atoms with Crippen LogP contribution in [0.15, 0.2) is 16.6 Å². The van der Waals surface area contributed by atoms with E-state index in [1.165, 1.54) is 10.4 Å². The lowest BCUT2D eigenvalue weighted by Crippen LogP contribution is -2.42. The van der Waals surface area contributed by atoms with E-state index in [4.69, 9.17) is 0 Å². The number of rotatable bonds is 1. The molecule has 0 radical (unpaired) electrons. The van der Waals surface area contributed by atoms with E-state index in [1.807, 2.05) is 0 Å². The van der Waals surface area contributed by atoms with Crippen LogP contribution in [0.2, 0.25) is 0 Å². The lowest BCUT2D eigenvalue weighted by molar-refractivity contribution is 0.556. The Hall–Kier alpha value is -0.620. The molecule has 1 aliphatic rings. The fourth-order valence-electron chi connectivity index (χ4n) is 1.97. The smallest absolute Gasteiger partial charge is 0.240 e. The maximum atomic E-state index is 13.8. The summed E-state index contributed by atoms with van der Waals surface area (Å²) in [5, 5.41) is 0. The van der Waals surface area contributed by atoms with E-state index in [9.17, 15) is 12.8 Å². The van der Waals surface area contributed by atoms with Crippen LogP contribution >= 0.6 is 15.9 Å². The second-order valence-corrected chi connectivity index (χ2v) is 8.86. The van der Waals surface area contributed by atoms with Gasteiger partial charge in [0.25, 0.3) is 0 Å². The number of hydrogen-bond acceptors (Lipinski definition) is 2. The molecule has 2 rings (SSSR count). The SMILES string of the molecule is CC(C)(C)S(=O)(=O)N1CCc2c(F)cc(Br)cc21. The largest absolute Gasteiger partial charge is 0.269 e. The van der Waals surface area contributed by atoms with Gasteiger partial charge >= 0.3 is 0 Å². The first kappa shape index (κ1) is 13.8. The molecule has 1 aromatic rings. The summed E-state index contributed by atoms with van der Waals surface area (Å²) in [6.07, 6.45) is 0.420. The molecular weight excluding hydrogens is 321 g/mol. The molecule has 0 aromatic heterocycles. The Kier molecular flexibility index (Phi) is 3.22. The van der Waals surface area contributed by atoms with Crippen molar-refractivity contribution in [1.29, 1.82) is 0 Å². The maximum Gasteiger partial charge on any atom is 0.240 e. The third-order valence-electron chi connectivity index (χ3n) is 3.03. The second kappa shape index (κ2) is 4.20. The van der Waals surface area contributed by atoms with E-state index in [0.717, 1.165) is 0 Å². The quantitative estimate of drug-likeness (QED) is 0.790. The van der Waals surface area contributed by atoms with Crippen LogP contribution < -0.4 is 4.31 Å². The zero-order valence-corrected chi connectivity index (χ0v) is 12.9. The minimum Gasteiger partial charge on any atom is -0.269 e. The Morgan fingerprint density at radius 3 is 2.50 bits per heavy atom. The lowest BCUT2D eigenvalue weighted by Gasteiger charge is -2.28. The van der Waals surface area contributed by atoms with E-state index < -0.39 is 14.8 Å². The van der Waals surface area contributed by atoms with Gasteiger partial charge in [0.1, 0.15) is 5.82 Å². The number of sulfonamides is 1. The topological polar surface area (TPSA) is 37.4 Å². The van der Waals surface area contributed by atoms with Crippen LogP contribution in [0.5, 0.6) is 0 Å². The minimum atomic E-state index is -3.48. The molecule has 0 amide bonds. The van der Waals surface area contributed by atoms with E-state index in [2.05, 4.69) is 15.9 Å². The number of anilines is 1. The monoisotopic (exact) mass is 335 g/mol. The Bertz CT molecular complexity index is 593. The van der Waals surface area contributed by atoms with Crippen molar-refractivity contribution in [3.05, 3.63) is 28.0 Å². The van der Waals surface area contributed by atoms with Gasteiger partial charge in [0.15, 0.2) is 0 Å². The fraction of sp³-hybridized carbons (Fsp3) is 0.500. The highest BCUT2D eigenvalue weighted by Gasteiger charge is 2.39. The molecule has 6 heteroatoms. The molecule has 0 bridgehead atoms. The zero-order valence-electron chi connectivity index (χ0n) is 10.5. The molecule has 0 aliphatic carbocycles. The molecule has 1 heterocycles. The van der Waals surface area contributed by atoms with Crippen LogP contribution in [0.1, 0.15) is 26.3 Å². The van der Waals surface area contributed by atoms with Crippen molar-refractivity contribution >= 4 is 31.6 Å². The Balaban J connectivity index is 2.57. The Labute approximate surface area is 115 Å². The van der Waals surface area contributed by atoms with Gasteiger partial charge in [-0.3, -0.25) is 4.31 Å². The van der Waals surface area contributed by atoms with Crippen LogP contribution in [-0.4, -0.2) is 19.7 Å². The van der Waals surface area contributed by atoms with E-state index >= 15 is 0 Å². The molecular formula is C12H15BrFNO2S. The van der Waals surface area contributed by atoms with Crippen molar-refractivity contribution in [2.24, 2.45) is 0 Å². The van der Waals surface area contributed by atoms with E-state index in [0.29, 0.717) is 28.7 Å². The van der Waals surface area contributed by atoms with Crippen LogP contribution in [0.25, 0.3) is 0 Å². The highest BCUT2D eigenvalue weighted by Crippen LogP contribution is 2.37. The minimum absolute atomic E-state index is 0.308. The summed E-state index contributed by atoms with van der Waals surface area (Å²) in [6.45, 7) is 5.25. The number of fused-ring (bicyclic) bond motifs is 1. The molecule has 0 saturated heterocycles. The van der Waals surface area contributed by atoms with Crippen molar-refractivity contribution in [2.45, 2.75) is 31.9 Å². The molecule has 0 fully saturated rings. The highest BCUT2D eigenvalue weighted by atomic mass is 79.9. The van der Waals surface area contributed by atoms with Gasteiger partial charge in [-0.1, -0.05) is 15.9 Å². The highest BCUT2D eigenvalue weighted by molar-refractivity contribution is 9.10. The summed E-state index contributed by atoms with van der Waals surface area (Å²) >= 11 is 3.20. The summed E-state index contributed by atoms with van der Waals surface area (Å²) in [7, 11) is -3.48. The molecule has 0 unspecified atom stereocenters. The molecule has 0 N–H and O–H groups in total. The predicted octanol–water partition coefficient (Wildman–Crippen LogP) is 3.08. The van der Waals surface area contributed by atoms with Crippen molar-refractivity contribution in [1.82, 2.24) is 0 Å². The van der Waals surface area contributed by atoms with E-state index in [1.54, 1.807) is 26.8 Å². The van der Waals surface area contributed by atoms with Crippen molar-refractivity contribution in [2.75, 3.05) is 10.8 Å². The number of nitrogens with zero attached hydrogens (tertiary/aromatic N) is 1. The van der Waals surface area contributed by atoms with Gasteiger partial charge in [-0.25, -0.2) is 12.8 Å². The molecule has 0 saturated carbocycles. The first-order valence-corrected chi connectivity index (χ1v) is 7.88. The first-order valence-electron chi connectivity index (χ1n) is 5.65. The molecule has 18 heavy (non-hydrogen) atoms. The van der Waals surface area contributed by atoms with Crippen molar-refractivity contribution in [3.8, 4) is 0 Å². The first-order chi connectivity index (χ1) is 8.14. The normalized spacial score (nSPS) is 15.9. The summed E-state index contributed by atoms with van der Waals surface area (Å²) < 4.78 is 39.6. The van der Waals surface area contributed by atoms with Crippen LogP contribution in [0.3, 0.4) is 0 Å². The molecule has 1 aliphatic heterocycles. The Morgan fingerprint density at radius 2 is 1.94 bits per heavy atom. The van der Waals surface area contributed by atoms with Gasteiger partial charge in [0, 0.05) is 16.6 Å². The Morgan fingerprint density at radius 1 is 1.33 bits per heavy atom. The maximum absolute atomic E-state index is 13.8. The van der Waals surface area contributed by atoms with E-state index in [-0.39, 0.29) is 5.82 Å². The third-order valence-corrected chi connectivity index (χ3v) is 6.00. The number of benzene rings is 1. The molecule has 100 valence electrons. The molecule has 3 nitrogen and oxygen atoms in total. The van der Waals surface area contributed by atoms with Gasteiger partial charge in [-0.05, 0) is 39.3 Å². The number of hydrogen-bond donors (Lipinski definition) is 0. The standard InChI is InChI=1S/C12H15BrFNO2S/c1-12(2,3)18(16,17)15-5-4-9-10(14)6-8(13)7-11(9)15/h6-7H,4-5H2,1-3H3. The van der Waals surface area contributed by atoms with Crippen LogP contribution in [0.4, 0.5) is 10.1 Å². The summed E-state index contributed by atoms with van der Waals surface area (Å²) in [5.74, 6) is -0.356. The van der Waals surface area contributed by atoms with Gasteiger partial charge in [0.05, 0.1) is 10.4 Å². The average Bonchev–Trinajstić information content (AvgIpc) is 2.59. The average molecular weight is 336 g/mol. The zero-order chi connectivity index (χ0) is 13.7. The molecule has 0 atom stereocenters. The van der Waals surface area contributed by atoms with Crippen molar-refractivity contribution < 1.29 is 12.8 Å². The van der Waals surface area contributed by atoms with Gasteiger partial charge < -0.3 is 0 Å². The van der Waals surface area contributed by atoms with Gasteiger partial charge in [-0.2, -0.15) is 0 Å². The fourth-order valence-corrected chi connectivity index (χ4v) is 3.81. The lowest BCUT2D eigenvalue weighted by atomic mass is 10.1. The number of halogens is 2. The second-order valence-electron chi connectivity index (χ2n) is 5.32.